The van der Waals surface area contributed by atoms with Gasteiger partial charge in [0.25, 0.3) is 0 Å². The molecule has 0 aliphatic carbocycles. The summed E-state index contributed by atoms with van der Waals surface area (Å²) in [6.45, 7) is 7.89. The molecule has 1 aromatic rings. The molecule has 0 aliphatic heterocycles. The van der Waals surface area contributed by atoms with Gasteiger partial charge >= 0.3 is 0 Å². The summed E-state index contributed by atoms with van der Waals surface area (Å²) in [6.07, 6.45) is 2.53. The summed E-state index contributed by atoms with van der Waals surface area (Å²) >= 11 is 0. The molecule has 19 heavy (non-hydrogen) atoms. The molecule has 5 nitrogen and oxygen atoms in total. The Bertz CT molecular complexity index is 415. The maximum Gasteiger partial charge on any atom is 0.242 e. The van der Waals surface area contributed by atoms with Crippen molar-refractivity contribution in [2.45, 2.75) is 45.7 Å². The zero-order valence-electron chi connectivity index (χ0n) is 12.3. The van der Waals surface area contributed by atoms with Crippen LogP contribution in [-0.4, -0.2) is 29.6 Å². The topological polar surface area (TPSA) is 63.2 Å². The van der Waals surface area contributed by atoms with E-state index < -0.39 is 0 Å². The number of nitrogens with one attached hydrogen (secondary N) is 2. The highest BCUT2D eigenvalue weighted by Gasteiger charge is 2.21. The van der Waals surface area contributed by atoms with Gasteiger partial charge in [-0.25, -0.2) is 4.98 Å². The van der Waals surface area contributed by atoms with E-state index in [1.807, 2.05) is 33.8 Å². The Labute approximate surface area is 114 Å². The van der Waals surface area contributed by atoms with Crippen LogP contribution in [0.5, 0.6) is 5.88 Å². The van der Waals surface area contributed by atoms with Crippen molar-refractivity contribution in [2.24, 2.45) is 0 Å². The standard InChI is InChI=1S/C14H23N3O2/c1-6-14(3,4)17-13(18)10(2)16-11-7-8-12(19-5)15-9-11/h7-10,16H,6H2,1-5H3,(H,17,18). The maximum absolute atomic E-state index is 12.0. The molecule has 0 bridgehead atoms. The quantitative estimate of drug-likeness (QED) is 0.827. The number of rotatable bonds is 6. The maximum atomic E-state index is 12.0. The Morgan fingerprint density at radius 3 is 2.63 bits per heavy atom. The minimum atomic E-state index is -0.319. The second-order valence-corrected chi connectivity index (χ2v) is 5.18. The van der Waals surface area contributed by atoms with Crippen LogP contribution in [0.15, 0.2) is 18.3 Å². The third-order valence-corrected chi connectivity index (χ3v) is 3.07. The average Bonchev–Trinajstić information content (AvgIpc) is 2.39. The minimum absolute atomic E-state index is 0.0253. The third-order valence-electron chi connectivity index (χ3n) is 3.07. The normalized spacial score (nSPS) is 12.7. The fourth-order valence-electron chi connectivity index (χ4n) is 1.43. The Hall–Kier alpha value is -1.78. The first-order chi connectivity index (χ1) is 8.88. The number of amides is 1. The van der Waals surface area contributed by atoms with Gasteiger partial charge in [0.2, 0.25) is 11.8 Å². The monoisotopic (exact) mass is 265 g/mol. The van der Waals surface area contributed by atoms with Gasteiger partial charge in [-0.3, -0.25) is 4.79 Å². The van der Waals surface area contributed by atoms with Gasteiger partial charge in [0.05, 0.1) is 19.0 Å². The van der Waals surface area contributed by atoms with Gasteiger partial charge in [-0.1, -0.05) is 6.92 Å². The van der Waals surface area contributed by atoms with E-state index >= 15 is 0 Å². The van der Waals surface area contributed by atoms with Gasteiger partial charge in [-0.2, -0.15) is 0 Å². The molecule has 0 saturated carbocycles. The number of pyridine rings is 1. The second-order valence-electron chi connectivity index (χ2n) is 5.18. The SMILES string of the molecule is CCC(C)(C)NC(=O)C(C)Nc1ccc(OC)nc1. The molecule has 0 aliphatic rings. The molecular formula is C14H23N3O2. The largest absolute Gasteiger partial charge is 0.481 e. The lowest BCUT2D eigenvalue weighted by atomic mass is 10.0. The van der Waals surface area contributed by atoms with Crippen LogP contribution in [0.3, 0.4) is 0 Å². The van der Waals surface area contributed by atoms with Crippen molar-refractivity contribution in [1.82, 2.24) is 10.3 Å². The second kappa shape index (κ2) is 6.41. The average molecular weight is 265 g/mol. The zero-order valence-corrected chi connectivity index (χ0v) is 12.3. The Morgan fingerprint density at radius 2 is 2.16 bits per heavy atom. The van der Waals surface area contributed by atoms with Gasteiger partial charge in [0.1, 0.15) is 6.04 Å². The number of ether oxygens (including phenoxy) is 1. The molecule has 0 aromatic carbocycles. The number of methoxy groups -OCH3 is 1. The fourth-order valence-corrected chi connectivity index (χ4v) is 1.43. The molecule has 1 unspecified atom stereocenters. The summed E-state index contributed by atoms with van der Waals surface area (Å²) in [5.74, 6) is 0.525. The Kier molecular flexibility index (Phi) is 5.15. The van der Waals surface area contributed by atoms with E-state index in [2.05, 4.69) is 15.6 Å². The van der Waals surface area contributed by atoms with Crippen molar-refractivity contribution < 1.29 is 9.53 Å². The lowest BCUT2D eigenvalue weighted by molar-refractivity contribution is -0.123. The van der Waals surface area contributed by atoms with Crippen LogP contribution >= 0.6 is 0 Å². The lowest BCUT2D eigenvalue weighted by Gasteiger charge is -2.27. The van der Waals surface area contributed by atoms with E-state index in [-0.39, 0.29) is 17.5 Å². The van der Waals surface area contributed by atoms with Crippen molar-refractivity contribution in [1.29, 1.82) is 0 Å². The molecule has 2 N–H and O–H groups in total. The number of hydrogen-bond acceptors (Lipinski definition) is 4. The van der Waals surface area contributed by atoms with Gasteiger partial charge < -0.3 is 15.4 Å². The van der Waals surface area contributed by atoms with E-state index in [0.717, 1.165) is 12.1 Å². The fraction of sp³-hybridized carbons (Fsp3) is 0.571. The van der Waals surface area contributed by atoms with Crippen molar-refractivity contribution in [3.8, 4) is 5.88 Å². The summed E-state index contributed by atoms with van der Waals surface area (Å²) in [6, 6.07) is 3.27. The van der Waals surface area contributed by atoms with Crippen LogP contribution in [0, 0.1) is 0 Å². The number of anilines is 1. The highest BCUT2D eigenvalue weighted by Crippen LogP contribution is 2.13. The summed E-state index contributed by atoms with van der Waals surface area (Å²) < 4.78 is 4.98. The number of aromatic nitrogens is 1. The first-order valence-corrected chi connectivity index (χ1v) is 6.46. The molecule has 0 spiro atoms. The molecule has 0 saturated heterocycles. The molecule has 106 valence electrons. The van der Waals surface area contributed by atoms with Crippen molar-refractivity contribution >= 4 is 11.6 Å². The van der Waals surface area contributed by atoms with E-state index in [0.29, 0.717) is 5.88 Å². The summed E-state index contributed by atoms with van der Waals surface area (Å²) in [5, 5.41) is 6.11. The summed E-state index contributed by atoms with van der Waals surface area (Å²) in [4.78, 5) is 16.1. The molecule has 1 amide bonds. The van der Waals surface area contributed by atoms with Crippen LogP contribution < -0.4 is 15.4 Å². The van der Waals surface area contributed by atoms with E-state index in [4.69, 9.17) is 4.74 Å². The van der Waals surface area contributed by atoms with Crippen molar-refractivity contribution in [3.63, 3.8) is 0 Å². The molecule has 1 heterocycles. The Morgan fingerprint density at radius 1 is 1.47 bits per heavy atom. The minimum Gasteiger partial charge on any atom is -0.481 e. The third kappa shape index (κ3) is 4.77. The van der Waals surface area contributed by atoms with E-state index in [1.54, 1.807) is 19.4 Å². The Balaban J connectivity index is 2.58. The molecule has 5 heteroatoms. The number of carbonyl (C=O) groups excluding carboxylic acids is 1. The molecule has 0 fully saturated rings. The van der Waals surface area contributed by atoms with Crippen LogP contribution in [-0.2, 0) is 4.79 Å². The predicted octanol–water partition coefficient (Wildman–Crippen LogP) is 2.20. The molecule has 1 atom stereocenters. The predicted molar refractivity (Wildman–Crippen MR) is 76.4 cm³/mol. The molecule has 1 aromatic heterocycles. The number of hydrogen-bond donors (Lipinski definition) is 2. The highest BCUT2D eigenvalue weighted by atomic mass is 16.5. The first kappa shape index (κ1) is 15.3. The van der Waals surface area contributed by atoms with Crippen molar-refractivity contribution in [3.05, 3.63) is 18.3 Å². The molecular weight excluding hydrogens is 242 g/mol. The van der Waals surface area contributed by atoms with Crippen LogP contribution in [0.1, 0.15) is 34.1 Å². The van der Waals surface area contributed by atoms with Crippen LogP contribution in [0.4, 0.5) is 5.69 Å². The van der Waals surface area contributed by atoms with Gasteiger partial charge in [-0.15, -0.1) is 0 Å². The lowest BCUT2D eigenvalue weighted by Crippen LogP contribution is -2.48. The smallest absolute Gasteiger partial charge is 0.242 e. The van der Waals surface area contributed by atoms with Crippen LogP contribution in [0.25, 0.3) is 0 Å². The van der Waals surface area contributed by atoms with Gasteiger partial charge in [0, 0.05) is 11.6 Å². The molecule has 0 radical (unpaired) electrons. The summed E-state index contributed by atoms with van der Waals surface area (Å²) in [7, 11) is 1.57. The van der Waals surface area contributed by atoms with Crippen LogP contribution in [0.2, 0.25) is 0 Å². The number of carbonyl (C=O) groups is 1. The van der Waals surface area contributed by atoms with Gasteiger partial charge in [-0.05, 0) is 33.3 Å². The number of nitrogens with zero attached hydrogens (tertiary/aromatic N) is 1. The van der Waals surface area contributed by atoms with Crippen molar-refractivity contribution in [2.75, 3.05) is 12.4 Å². The highest BCUT2D eigenvalue weighted by molar-refractivity contribution is 5.84. The summed E-state index contributed by atoms with van der Waals surface area (Å²) in [5.41, 5.74) is 0.600. The van der Waals surface area contributed by atoms with E-state index in [9.17, 15) is 4.79 Å². The zero-order chi connectivity index (χ0) is 14.5. The van der Waals surface area contributed by atoms with Gasteiger partial charge in [0.15, 0.2) is 0 Å². The first-order valence-electron chi connectivity index (χ1n) is 6.46. The van der Waals surface area contributed by atoms with E-state index in [1.165, 1.54) is 0 Å². The molecule has 1 rings (SSSR count).